The summed E-state index contributed by atoms with van der Waals surface area (Å²) in [4.78, 5) is 13.0. The lowest BCUT2D eigenvalue weighted by molar-refractivity contribution is 0.759. The van der Waals surface area contributed by atoms with Gasteiger partial charge in [-0.3, -0.25) is 0 Å². The number of hydrogen-bond donors (Lipinski definition) is 1. The molecular weight excluding hydrogens is 280 g/mol. The van der Waals surface area contributed by atoms with E-state index < -0.39 is 0 Å². The van der Waals surface area contributed by atoms with Gasteiger partial charge in [-0.2, -0.15) is 0 Å². The zero-order valence-electron chi connectivity index (χ0n) is 13.5. The van der Waals surface area contributed by atoms with Gasteiger partial charge in [0.2, 0.25) is 0 Å². The largest absolute Gasteiger partial charge is 0.373 e. The van der Waals surface area contributed by atoms with E-state index in [9.17, 15) is 0 Å². The van der Waals surface area contributed by atoms with Crippen LogP contribution in [0.2, 0.25) is 0 Å². The van der Waals surface area contributed by atoms with Gasteiger partial charge in [-0.15, -0.1) is 11.3 Å². The fourth-order valence-electron chi connectivity index (χ4n) is 2.23. The minimum Gasteiger partial charge on any atom is -0.373 e. The number of rotatable bonds is 6. The molecule has 0 unspecified atom stereocenters. The van der Waals surface area contributed by atoms with Crippen molar-refractivity contribution in [2.75, 3.05) is 30.9 Å². The highest BCUT2D eigenvalue weighted by Crippen LogP contribution is 2.25. The van der Waals surface area contributed by atoms with E-state index in [4.69, 9.17) is 4.98 Å². The lowest BCUT2D eigenvalue weighted by atomic mass is 10.2. The molecule has 0 aliphatic rings. The van der Waals surface area contributed by atoms with Gasteiger partial charge in [0, 0.05) is 37.0 Å². The Bertz CT molecular complexity index is 578. The van der Waals surface area contributed by atoms with Crippen molar-refractivity contribution in [1.29, 1.82) is 0 Å². The molecule has 5 heteroatoms. The van der Waals surface area contributed by atoms with Crippen molar-refractivity contribution in [3.63, 3.8) is 0 Å². The fraction of sp³-hybridized carbons (Fsp3) is 0.500. The first-order chi connectivity index (χ1) is 10.0. The number of anilines is 2. The van der Waals surface area contributed by atoms with Crippen molar-refractivity contribution in [3.05, 3.63) is 33.8 Å². The van der Waals surface area contributed by atoms with Gasteiger partial charge in [-0.05, 0) is 24.8 Å². The Morgan fingerprint density at radius 2 is 2.10 bits per heavy atom. The minimum atomic E-state index is 0.321. The predicted molar refractivity (Wildman–Crippen MR) is 91.7 cm³/mol. The van der Waals surface area contributed by atoms with Gasteiger partial charge in [-0.25, -0.2) is 9.97 Å². The molecular formula is C16H24N4S. The van der Waals surface area contributed by atoms with Gasteiger partial charge in [-0.1, -0.05) is 19.9 Å². The van der Waals surface area contributed by atoms with Crippen LogP contribution in [-0.2, 0) is 6.42 Å². The quantitative estimate of drug-likeness (QED) is 0.883. The smallest absolute Gasteiger partial charge is 0.137 e. The Hall–Kier alpha value is -1.62. The van der Waals surface area contributed by atoms with Crippen molar-refractivity contribution < 1.29 is 0 Å². The molecule has 0 radical (unpaired) electrons. The van der Waals surface area contributed by atoms with E-state index in [1.807, 2.05) is 18.4 Å². The fourth-order valence-corrected chi connectivity index (χ4v) is 2.93. The van der Waals surface area contributed by atoms with Crippen molar-refractivity contribution in [2.24, 2.45) is 0 Å². The average Bonchev–Trinajstić information content (AvgIpc) is 2.98. The molecule has 2 aromatic heterocycles. The molecule has 1 N–H and O–H groups in total. The van der Waals surface area contributed by atoms with Crippen molar-refractivity contribution in [3.8, 4) is 0 Å². The highest BCUT2D eigenvalue weighted by atomic mass is 32.1. The first kappa shape index (κ1) is 15.8. The van der Waals surface area contributed by atoms with Crippen molar-refractivity contribution in [1.82, 2.24) is 9.97 Å². The number of likely N-dealkylation sites (N-methyl/N-ethyl adjacent to an activating group) is 1. The van der Waals surface area contributed by atoms with E-state index in [1.165, 1.54) is 4.88 Å². The third-order valence-corrected chi connectivity index (χ3v) is 4.46. The van der Waals surface area contributed by atoms with Gasteiger partial charge in [0.15, 0.2) is 0 Å². The second kappa shape index (κ2) is 6.89. The minimum absolute atomic E-state index is 0.321. The second-order valence-corrected chi connectivity index (χ2v) is 6.57. The summed E-state index contributed by atoms with van der Waals surface area (Å²) in [6, 6.07) is 4.29. The van der Waals surface area contributed by atoms with Crippen LogP contribution in [-0.4, -0.2) is 30.6 Å². The third-order valence-electron chi connectivity index (χ3n) is 3.53. The van der Waals surface area contributed by atoms with Crippen LogP contribution in [0.25, 0.3) is 0 Å². The Morgan fingerprint density at radius 1 is 1.33 bits per heavy atom. The molecule has 0 saturated carbocycles. The zero-order chi connectivity index (χ0) is 15.4. The Morgan fingerprint density at radius 3 is 2.67 bits per heavy atom. The first-order valence-electron chi connectivity index (χ1n) is 7.32. The monoisotopic (exact) mass is 304 g/mol. The summed E-state index contributed by atoms with van der Waals surface area (Å²) in [6.45, 7) is 7.28. The summed E-state index contributed by atoms with van der Waals surface area (Å²) < 4.78 is 0. The second-order valence-electron chi connectivity index (χ2n) is 5.53. The van der Waals surface area contributed by atoms with Gasteiger partial charge >= 0.3 is 0 Å². The number of hydrogen-bond acceptors (Lipinski definition) is 5. The molecule has 0 saturated heterocycles. The lowest BCUT2D eigenvalue weighted by Crippen LogP contribution is -2.23. The van der Waals surface area contributed by atoms with Crippen LogP contribution in [0.3, 0.4) is 0 Å². The number of nitrogens with zero attached hydrogens (tertiary/aromatic N) is 3. The van der Waals surface area contributed by atoms with Crippen LogP contribution in [0.5, 0.6) is 0 Å². The maximum Gasteiger partial charge on any atom is 0.137 e. The molecule has 2 heterocycles. The molecule has 21 heavy (non-hydrogen) atoms. The van der Waals surface area contributed by atoms with Crippen LogP contribution in [0.4, 0.5) is 11.6 Å². The number of aromatic nitrogens is 2. The maximum atomic E-state index is 4.76. The first-order valence-corrected chi connectivity index (χ1v) is 8.20. The summed E-state index contributed by atoms with van der Waals surface area (Å²) >= 11 is 1.81. The summed E-state index contributed by atoms with van der Waals surface area (Å²) in [5, 5.41) is 5.31. The highest BCUT2D eigenvalue weighted by molar-refractivity contribution is 7.09. The van der Waals surface area contributed by atoms with Crippen LogP contribution in [0.15, 0.2) is 17.5 Å². The topological polar surface area (TPSA) is 41.1 Å². The summed E-state index contributed by atoms with van der Waals surface area (Å²) in [7, 11) is 4.02. The predicted octanol–water partition coefficient (Wildman–Crippen LogP) is 3.69. The van der Waals surface area contributed by atoms with E-state index in [0.29, 0.717) is 5.92 Å². The summed E-state index contributed by atoms with van der Waals surface area (Å²) in [6.07, 6.45) is 1.05. The molecule has 0 amide bonds. The molecule has 2 rings (SSSR count). The van der Waals surface area contributed by atoms with Gasteiger partial charge in [0.25, 0.3) is 0 Å². The van der Waals surface area contributed by atoms with Crippen LogP contribution < -0.4 is 10.2 Å². The molecule has 2 aromatic rings. The number of nitrogens with one attached hydrogen (secondary N) is 1. The Kier molecular flexibility index (Phi) is 5.17. The van der Waals surface area contributed by atoms with Gasteiger partial charge < -0.3 is 10.2 Å². The maximum absolute atomic E-state index is 4.76. The van der Waals surface area contributed by atoms with Crippen molar-refractivity contribution in [2.45, 2.75) is 33.1 Å². The SMILES string of the molecule is CNc1nc(C(C)C)nc(N(C)CCc2cccs2)c1C. The molecule has 0 bridgehead atoms. The normalized spacial score (nSPS) is 11.0. The van der Waals surface area contributed by atoms with Gasteiger partial charge in [0.1, 0.15) is 17.5 Å². The van der Waals surface area contributed by atoms with E-state index in [1.54, 1.807) is 0 Å². The molecule has 4 nitrogen and oxygen atoms in total. The van der Waals surface area contributed by atoms with E-state index >= 15 is 0 Å². The molecule has 0 aromatic carbocycles. The third kappa shape index (κ3) is 3.73. The molecule has 0 fully saturated rings. The van der Waals surface area contributed by atoms with Crippen molar-refractivity contribution >= 4 is 23.0 Å². The van der Waals surface area contributed by atoms with Crippen LogP contribution in [0, 0.1) is 6.92 Å². The van der Waals surface area contributed by atoms with E-state index in [0.717, 1.165) is 36.0 Å². The molecule has 114 valence electrons. The van der Waals surface area contributed by atoms with Crippen LogP contribution >= 0.6 is 11.3 Å². The van der Waals surface area contributed by atoms with Gasteiger partial charge in [0.05, 0.1) is 0 Å². The lowest BCUT2D eigenvalue weighted by Gasteiger charge is -2.22. The summed E-state index contributed by atoms with van der Waals surface area (Å²) in [5.41, 5.74) is 1.11. The molecule has 0 atom stereocenters. The van der Waals surface area contributed by atoms with Crippen LogP contribution in [0.1, 0.15) is 36.0 Å². The standard InChI is InChI=1S/C16H24N4S/c1-11(2)14-18-15(17-4)12(3)16(19-14)20(5)9-8-13-7-6-10-21-13/h6-7,10-11H,8-9H2,1-5H3,(H,17,18,19). The molecule has 0 spiro atoms. The Balaban J connectivity index is 2.22. The summed E-state index contributed by atoms with van der Waals surface area (Å²) in [5.74, 6) is 3.16. The van der Waals surface area contributed by atoms with E-state index in [2.05, 4.69) is 60.5 Å². The zero-order valence-corrected chi connectivity index (χ0v) is 14.3. The average molecular weight is 304 g/mol. The molecule has 0 aliphatic carbocycles. The Labute approximate surface area is 131 Å². The number of thiophene rings is 1. The highest BCUT2D eigenvalue weighted by Gasteiger charge is 2.15. The molecule has 0 aliphatic heterocycles. The van der Waals surface area contributed by atoms with E-state index in [-0.39, 0.29) is 0 Å².